The number of carbonyl (C=O) groups is 1. The van der Waals surface area contributed by atoms with Crippen molar-refractivity contribution in [2.75, 3.05) is 20.4 Å². The Labute approximate surface area is 183 Å². The zero-order chi connectivity index (χ0) is 21.6. The Bertz CT molecular complexity index is 1030. The van der Waals surface area contributed by atoms with E-state index >= 15 is 0 Å². The second kappa shape index (κ2) is 9.56. The van der Waals surface area contributed by atoms with E-state index < -0.39 is 0 Å². The zero-order valence-electron chi connectivity index (χ0n) is 17.9. The quantitative estimate of drug-likeness (QED) is 0.518. The van der Waals surface area contributed by atoms with E-state index in [1.54, 1.807) is 14.0 Å². The fourth-order valence-corrected chi connectivity index (χ4v) is 4.02. The largest absolute Gasteiger partial charge is 0.496 e. The summed E-state index contributed by atoms with van der Waals surface area (Å²) in [6.45, 7) is 3.09. The van der Waals surface area contributed by atoms with Crippen molar-refractivity contribution in [3.8, 4) is 17.2 Å². The van der Waals surface area contributed by atoms with Crippen molar-refractivity contribution in [2.24, 2.45) is 0 Å². The van der Waals surface area contributed by atoms with Crippen molar-refractivity contribution >= 4 is 5.91 Å². The summed E-state index contributed by atoms with van der Waals surface area (Å²) in [6.07, 6.45) is 0.756. The van der Waals surface area contributed by atoms with Gasteiger partial charge in [-0.2, -0.15) is 0 Å². The van der Waals surface area contributed by atoms with Crippen LogP contribution in [0.25, 0.3) is 0 Å². The van der Waals surface area contributed by atoms with Gasteiger partial charge < -0.3 is 19.1 Å². The lowest BCUT2D eigenvalue weighted by Crippen LogP contribution is -2.30. The van der Waals surface area contributed by atoms with Crippen LogP contribution in [0.4, 0.5) is 0 Å². The number of amides is 1. The molecule has 0 saturated heterocycles. The molecular formula is C26H27NO4. The van der Waals surface area contributed by atoms with Crippen LogP contribution in [0.2, 0.25) is 0 Å². The molecule has 0 aromatic heterocycles. The van der Waals surface area contributed by atoms with E-state index in [-0.39, 0.29) is 18.6 Å². The number of hydrogen-bond acceptors (Lipinski definition) is 4. The molecule has 0 N–H and O–H groups in total. The molecule has 1 atom stereocenters. The number of hydrogen-bond donors (Lipinski definition) is 0. The summed E-state index contributed by atoms with van der Waals surface area (Å²) in [5, 5.41) is 0. The number of para-hydroxylation sites is 1. The molecule has 1 heterocycles. The molecule has 3 aromatic rings. The lowest BCUT2D eigenvalue weighted by molar-refractivity contribution is -0.129. The molecule has 0 fully saturated rings. The average molecular weight is 418 g/mol. The Morgan fingerprint density at radius 3 is 2.52 bits per heavy atom. The summed E-state index contributed by atoms with van der Waals surface area (Å²) in [6, 6.07) is 24.2. The smallest absolute Gasteiger partial charge is 0.231 e. The van der Waals surface area contributed by atoms with Crippen molar-refractivity contribution in [1.82, 2.24) is 4.90 Å². The summed E-state index contributed by atoms with van der Waals surface area (Å²) in [4.78, 5) is 14.3. The van der Waals surface area contributed by atoms with E-state index in [0.29, 0.717) is 13.1 Å². The Balaban J connectivity index is 1.62. The number of rotatable bonds is 8. The molecule has 1 amide bonds. The minimum absolute atomic E-state index is 0.0447. The number of carbonyl (C=O) groups excluding carboxylic acids is 1. The third-order valence-corrected chi connectivity index (χ3v) is 5.66. The SMILES string of the molecule is COc1ccccc1C(CCN(Cc1ccccc1)C(C)=O)c1ccc2c(c1)OCO2. The molecule has 1 aliphatic rings. The van der Waals surface area contributed by atoms with Crippen LogP contribution in [0, 0.1) is 0 Å². The molecule has 1 aliphatic heterocycles. The second-order valence-electron chi connectivity index (χ2n) is 7.62. The van der Waals surface area contributed by atoms with Crippen molar-refractivity contribution in [3.63, 3.8) is 0 Å². The van der Waals surface area contributed by atoms with Crippen molar-refractivity contribution < 1.29 is 19.0 Å². The van der Waals surface area contributed by atoms with Gasteiger partial charge in [0.25, 0.3) is 0 Å². The maximum atomic E-state index is 12.4. The number of methoxy groups -OCH3 is 1. The first-order valence-electron chi connectivity index (χ1n) is 10.5. The highest BCUT2D eigenvalue weighted by atomic mass is 16.7. The molecule has 1 unspecified atom stereocenters. The molecule has 3 aromatic carbocycles. The number of benzene rings is 3. The summed E-state index contributed by atoms with van der Waals surface area (Å²) < 4.78 is 16.7. The van der Waals surface area contributed by atoms with Gasteiger partial charge in [-0.15, -0.1) is 0 Å². The van der Waals surface area contributed by atoms with Crippen molar-refractivity contribution in [3.05, 3.63) is 89.5 Å². The monoisotopic (exact) mass is 417 g/mol. The first-order valence-corrected chi connectivity index (χ1v) is 10.5. The van der Waals surface area contributed by atoms with E-state index in [2.05, 4.69) is 12.1 Å². The Morgan fingerprint density at radius 1 is 1.00 bits per heavy atom. The predicted octanol–water partition coefficient (Wildman–Crippen LogP) is 4.99. The van der Waals surface area contributed by atoms with Crippen LogP contribution in [0.1, 0.15) is 36.0 Å². The summed E-state index contributed by atoms with van der Waals surface area (Å²) in [5.41, 5.74) is 3.32. The molecule has 4 rings (SSSR count). The highest BCUT2D eigenvalue weighted by Gasteiger charge is 2.23. The maximum Gasteiger partial charge on any atom is 0.231 e. The molecule has 0 bridgehead atoms. The molecule has 5 nitrogen and oxygen atoms in total. The first-order chi connectivity index (χ1) is 15.2. The Morgan fingerprint density at radius 2 is 1.74 bits per heavy atom. The third-order valence-electron chi connectivity index (χ3n) is 5.66. The number of fused-ring (bicyclic) bond motifs is 1. The van der Waals surface area contributed by atoms with Gasteiger partial charge >= 0.3 is 0 Å². The average Bonchev–Trinajstić information content (AvgIpc) is 3.27. The fraction of sp³-hybridized carbons (Fsp3) is 0.269. The van der Waals surface area contributed by atoms with E-state index in [4.69, 9.17) is 14.2 Å². The van der Waals surface area contributed by atoms with Gasteiger partial charge in [0, 0.05) is 31.5 Å². The third kappa shape index (κ3) is 4.82. The van der Waals surface area contributed by atoms with Crippen LogP contribution in [0.15, 0.2) is 72.8 Å². The predicted molar refractivity (Wildman–Crippen MR) is 120 cm³/mol. The minimum atomic E-state index is 0.0447. The van der Waals surface area contributed by atoms with Crippen molar-refractivity contribution in [2.45, 2.75) is 25.8 Å². The second-order valence-corrected chi connectivity index (χ2v) is 7.62. The molecule has 0 saturated carbocycles. The van der Waals surface area contributed by atoms with Gasteiger partial charge in [0.15, 0.2) is 11.5 Å². The van der Waals surface area contributed by atoms with Gasteiger partial charge in [0.2, 0.25) is 12.7 Å². The summed E-state index contributed by atoms with van der Waals surface area (Å²) >= 11 is 0. The van der Waals surface area contributed by atoms with Gasteiger partial charge in [-0.05, 0) is 35.7 Å². The van der Waals surface area contributed by atoms with E-state index in [1.165, 1.54) is 0 Å². The van der Waals surface area contributed by atoms with Gasteiger partial charge in [-0.1, -0.05) is 54.6 Å². The van der Waals surface area contributed by atoms with Crippen LogP contribution >= 0.6 is 0 Å². The molecule has 31 heavy (non-hydrogen) atoms. The minimum Gasteiger partial charge on any atom is -0.496 e. The zero-order valence-corrected chi connectivity index (χ0v) is 17.9. The molecule has 0 aliphatic carbocycles. The van der Waals surface area contributed by atoms with E-state index in [9.17, 15) is 4.79 Å². The fourth-order valence-electron chi connectivity index (χ4n) is 4.02. The lowest BCUT2D eigenvalue weighted by atomic mass is 9.87. The van der Waals surface area contributed by atoms with Crippen molar-refractivity contribution in [1.29, 1.82) is 0 Å². The molecule has 0 radical (unpaired) electrons. The Hall–Kier alpha value is -3.47. The first kappa shape index (κ1) is 20.8. The lowest BCUT2D eigenvalue weighted by Gasteiger charge is -2.26. The van der Waals surface area contributed by atoms with Crippen LogP contribution < -0.4 is 14.2 Å². The highest BCUT2D eigenvalue weighted by Crippen LogP contribution is 2.40. The normalized spacial score (nSPS) is 13.0. The molecular weight excluding hydrogens is 390 g/mol. The van der Waals surface area contributed by atoms with Crippen LogP contribution in [-0.2, 0) is 11.3 Å². The van der Waals surface area contributed by atoms with Crippen LogP contribution in [0.5, 0.6) is 17.2 Å². The van der Waals surface area contributed by atoms with Gasteiger partial charge in [-0.25, -0.2) is 0 Å². The summed E-state index contributed by atoms with van der Waals surface area (Å²) in [7, 11) is 1.69. The maximum absolute atomic E-state index is 12.4. The van der Waals surface area contributed by atoms with E-state index in [0.717, 1.165) is 40.4 Å². The van der Waals surface area contributed by atoms with Crippen LogP contribution in [-0.4, -0.2) is 31.3 Å². The highest BCUT2D eigenvalue weighted by molar-refractivity contribution is 5.73. The summed E-state index contributed by atoms with van der Waals surface area (Å²) in [5.74, 6) is 2.46. The topological polar surface area (TPSA) is 48.0 Å². The number of ether oxygens (including phenoxy) is 3. The van der Waals surface area contributed by atoms with Crippen LogP contribution in [0.3, 0.4) is 0 Å². The van der Waals surface area contributed by atoms with Gasteiger partial charge in [0.05, 0.1) is 7.11 Å². The molecule has 5 heteroatoms. The standard InChI is InChI=1S/C26H27NO4/c1-19(28)27(17-20-8-4-3-5-9-20)15-14-22(23-10-6-7-11-24(23)29-2)21-12-13-25-26(16-21)31-18-30-25/h3-13,16,22H,14-15,17-18H2,1-2H3. The van der Waals surface area contributed by atoms with E-state index in [1.807, 2.05) is 65.6 Å². The van der Waals surface area contributed by atoms with Gasteiger partial charge in [-0.3, -0.25) is 4.79 Å². The molecule has 160 valence electrons. The molecule has 0 spiro atoms. The Kier molecular flexibility index (Phi) is 6.41. The van der Waals surface area contributed by atoms with Gasteiger partial charge in [0.1, 0.15) is 5.75 Å². The number of nitrogens with zero attached hydrogens (tertiary/aromatic N) is 1.